The Morgan fingerprint density at radius 1 is 0.938 bits per heavy atom. The summed E-state index contributed by atoms with van der Waals surface area (Å²) >= 11 is 0. The van der Waals surface area contributed by atoms with Gasteiger partial charge >= 0.3 is 24.1 Å². The molecule has 1 aromatic rings. The molecule has 32 heavy (non-hydrogen) atoms. The largest absolute Gasteiger partial charge is 0.480 e. The number of nitrogens with zero attached hydrogens (tertiary/aromatic N) is 1. The molecule has 0 bridgehead atoms. The number of nitrogens with one attached hydrogen (secondary N) is 2. The number of aliphatic hydroxyl groups is 1. The second-order valence-corrected chi connectivity index (χ2v) is 7.22. The van der Waals surface area contributed by atoms with E-state index in [-0.39, 0.29) is 32.5 Å². The molecular formula is C21H31N3O8. The molecule has 0 aliphatic heterocycles. The zero-order valence-electron chi connectivity index (χ0n) is 18.0. The van der Waals surface area contributed by atoms with Crippen LogP contribution in [0, 0.1) is 0 Å². The van der Waals surface area contributed by atoms with Crippen molar-refractivity contribution in [2.24, 2.45) is 0 Å². The summed E-state index contributed by atoms with van der Waals surface area (Å²) in [4.78, 5) is 47.9. The van der Waals surface area contributed by atoms with Crippen molar-refractivity contribution in [3.8, 4) is 0 Å². The Bertz CT molecular complexity index is 744. The highest BCUT2D eigenvalue weighted by Crippen LogP contribution is 2.06. The molecule has 1 rings (SSSR count). The number of unbranched alkanes of at least 4 members (excludes halogenated alkanes) is 1. The Hall–Kier alpha value is -3.34. The quantitative estimate of drug-likeness (QED) is 0.264. The number of hydrogen-bond donors (Lipinski definition) is 5. The minimum Gasteiger partial charge on any atom is -0.480 e. The molecule has 0 radical (unpaired) electrons. The number of carboxylic acid groups (broad SMARTS) is 2. The number of carboxylic acids is 2. The van der Waals surface area contributed by atoms with Crippen LogP contribution in [-0.2, 0) is 20.9 Å². The minimum absolute atomic E-state index is 0.0176. The predicted molar refractivity (Wildman–Crippen MR) is 114 cm³/mol. The first-order chi connectivity index (χ1) is 15.2. The summed E-state index contributed by atoms with van der Waals surface area (Å²) in [6.45, 7) is 0.271. The Morgan fingerprint density at radius 3 is 2.03 bits per heavy atom. The summed E-state index contributed by atoms with van der Waals surface area (Å²) < 4.78 is 5.21. The van der Waals surface area contributed by atoms with Crippen LogP contribution in [0.1, 0.15) is 37.7 Å². The van der Waals surface area contributed by atoms with Gasteiger partial charge in [0.1, 0.15) is 18.7 Å². The third-order valence-electron chi connectivity index (χ3n) is 4.61. The molecule has 0 fully saturated rings. The Labute approximate surface area is 186 Å². The maximum atomic E-state index is 12.0. The van der Waals surface area contributed by atoms with Crippen molar-refractivity contribution in [1.29, 1.82) is 0 Å². The average molecular weight is 453 g/mol. The number of amides is 3. The lowest BCUT2D eigenvalue weighted by atomic mass is 10.1. The number of carbonyl (C=O) groups is 4. The van der Waals surface area contributed by atoms with Crippen LogP contribution in [0.15, 0.2) is 30.3 Å². The minimum atomic E-state index is -1.28. The molecule has 5 N–H and O–H groups in total. The molecule has 178 valence electrons. The summed E-state index contributed by atoms with van der Waals surface area (Å²) in [5, 5.41) is 31.6. The molecule has 0 spiro atoms. The molecule has 0 aliphatic carbocycles. The summed E-state index contributed by atoms with van der Waals surface area (Å²) in [7, 11) is 1.58. The SMILES string of the molecule is CN(CCCCC(NC(=O)NC(CCCO)C(=O)O)C(=O)O)C(=O)OCc1ccccc1. The smallest absolute Gasteiger partial charge is 0.409 e. The number of ether oxygens (including phenoxy) is 1. The van der Waals surface area contributed by atoms with Crippen molar-refractivity contribution in [2.45, 2.75) is 50.8 Å². The first-order valence-electron chi connectivity index (χ1n) is 10.3. The van der Waals surface area contributed by atoms with Gasteiger partial charge in [-0.2, -0.15) is 0 Å². The van der Waals surface area contributed by atoms with Crippen LogP contribution in [0.3, 0.4) is 0 Å². The van der Waals surface area contributed by atoms with E-state index >= 15 is 0 Å². The van der Waals surface area contributed by atoms with E-state index in [4.69, 9.17) is 14.9 Å². The molecule has 0 saturated heterocycles. The van der Waals surface area contributed by atoms with Crippen LogP contribution in [0.5, 0.6) is 0 Å². The van der Waals surface area contributed by atoms with Gasteiger partial charge in [0.2, 0.25) is 0 Å². The predicted octanol–water partition coefficient (Wildman–Crippen LogP) is 1.40. The van der Waals surface area contributed by atoms with E-state index in [1.165, 1.54) is 4.90 Å². The fourth-order valence-electron chi connectivity index (χ4n) is 2.79. The van der Waals surface area contributed by atoms with E-state index in [0.29, 0.717) is 19.4 Å². The van der Waals surface area contributed by atoms with Gasteiger partial charge in [-0.3, -0.25) is 0 Å². The molecule has 2 atom stereocenters. The van der Waals surface area contributed by atoms with Gasteiger partial charge in [0.15, 0.2) is 0 Å². The molecular weight excluding hydrogens is 422 g/mol. The number of aliphatic carboxylic acids is 2. The first-order valence-corrected chi connectivity index (χ1v) is 10.3. The molecule has 1 aromatic carbocycles. The van der Waals surface area contributed by atoms with Crippen LogP contribution >= 0.6 is 0 Å². The van der Waals surface area contributed by atoms with Gasteiger partial charge in [0.25, 0.3) is 0 Å². The maximum absolute atomic E-state index is 12.0. The number of benzene rings is 1. The van der Waals surface area contributed by atoms with Crippen molar-refractivity contribution in [2.75, 3.05) is 20.2 Å². The second-order valence-electron chi connectivity index (χ2n) is 7.22. The molecule has 11 heteroatoms. The number of aliphatic hydroxyl groups excluding tert-OH is 1. The number of urea groups is 1. The van der Waals surface area contributed by atoms with Crippen molar-refractivity contribution < 1.29 is 39.2 Å². The number of rotatable bonds is 14. The summed E-state index contributed by atoms with van der Waals surface area (Å²) in [5.74, 6) is -2.53. The van der Waals surface area contributed by atoms with Gasteiger partial charge in [0.05, 0.1) is 0 Å². The number of carbonyl (C=O) groups excluding carboxylic acids is 2. The van der Waals surface area contributed by atoms with Crippen molar-refractivity contribution in [3.63, 3.8) is 0 Å². The van der Waals surface area contributed by atoms with E-state index in [9.17, 15) is 24.3 Å². The van der Waals surface area contributed by atoms with Crippen molar-refractivity contribution >= 4 is 24.1 Å². The van der Waals surface area contributed by atoms with Gasteiger partial charge < -0.3 is 35.6 Å². The molecule has 0 heterocycles. The van der Waals surface area contributed by atoms with E-state index in [2.05, 4.69) is 10.6 Å². The molecule has 2 unspecified atom stereocenters. The lowest BCUT2D eigenvalue weighted by molar-refractivity contribution is -0.139. The zero-order chi connectivity index (χ0) is 23.9. The Balaban J connectivity index is 2.36. The topological polar surface area (TPSA) is 166 Å². The normalized spacial score (nSPS) is 12.3. The molecule has 0 aliphatic rings. The van der Waals surface area contributed by atoms with E-state index in [0.717, 1.165) is 5.56 Å². The molecule has 11 nitrogen and oxygen atoms in total. The number of hydrogen-bond acceptors (Lipinski definition) is 6. The highest BCUT2D eigenvalue weighted by Gasteiger charge is 2.24. The maximum Gasteiger partial charge on any atom is 0.409 e. The van der Waals surface area contributed by atoms with E-state index in [1.54, 1.807) is 7.05 Å². The summed E-state index contributed by atoms with van der Waals surface area (Å²) in [6, 6.07) is 5.88. The molecule has 0 aromatic heterocycles. The zero-order valence-corrected chi connectivity index (χ0v) is 18.0. The Morgan fingerprint density at radius 2 is 1.50 bits per heavy atom. The Kier molecular flexibility index (Phi) is 12.2. The summed E-state index contributed by atoms with van der Waals surface area (Å²) in [6.07, 6.45) is 0.691. The van der Waals surface area contributed by atoms with Crippen molar-refractivity contribution in [3.05, 3.63) is 35.9 Å². The van der Waals surface area contributed by atoms with E-state index < -0.39 is 36.1 Å². The molecule has 0 saturated carbocycles. The summed E-state index contributed by atoms with van der Waals surface area (Å²) in [5.41, 5.74) is 0.865. The fourth-order valence-corrected chi connectivity index (χ4v) is 2.79. The highest BCUT2D eigenvalue weighted by atomic mass is 16.6. The van der Waals surface area contributed by atoms with Gasteiger partial charge in [-0.25, -0.2) is 19.2 Å². The standard InChI is InChI=1S/C21H31N3O8/c1-24(21(31)32-14-15-8-3-2-4-9-15)12-6-5-10-16(18(26)27)22-20(30)23-17(19(28)29)11-7-13-25/h2-4,8-9,16-17,25H,5-7,10-14H2,1H3,(H,26,27)(H,28,29)(H2,22,23,30). The third kappa shape index (κ3) is 10.6. The lowest BCUT2D eigenvalue weighted by Crippen LogP contribution is -2.51. The van der Waals surface area contributed by atoms with Crippen LogP contribution < -0.4 is 10.6 Å². The third-order valence-corrected chi connectivity index (χ3v) is 4.61. The van der Waals surface area contributed by atoms with Crippen LogP contribution in [-0.4, -0.2) is 76.6 Å². The van der Waals surface area contributed by atoms with Gasteiger partial charge in [-0.15, -0.1) is 0 Å². The van der Waals surface area contributed by atoms with E-state index in [1.807, 2.05) is 30.3 Å². The average Bonchev–Trinajstić information content (AvgIpc) is 2.77. The van der Waals surface area contributed by atoms with Crippen LogP contribution in [0.4, 0.5) is 9.59 Å². The van der Waals surface area contributed by atoms with Gasteiger partial charge in [0, 0.05) is 20.2 Å². The highest BCUT2D eigenvalue weighted by molar-refractivity contribution is 5.86. The monoisotopic (exact) mass is 453 g/mol. The lowest BCUT2D eigenvalue weighted by Gasteiger charge is -2.19. The van der Waals surface area contributed by atoms with Gasteiger partial charge in [-0.1, -0.05) is 30.3 Å². The molecule has 3 amide bonds. The van der Waals surface area contributed by atoms with Crippen LogP contribution in [0.25, 0.3) is 0 Å². The first kappa shape index (κ1) is 26.7. The van der Waals surface area contributed by atoms with Gasteiger partial charge in [-0.05, 0) is 37.7 Å². The van der Waals surface area contributed by atoms with Crippen molar-refractivity contribution in [1.82, 2.24) is 15.5 Å². The fraction of sp³-hybridized carbons (Fsp3) is 0.524. The van der Waals surface area contributed by atoms with Crippen LogP contribution in [0.2, 0.25) is 0 Å². The second kappa shape index (κ2) is 14.6.